The molecule has 12 heavy (non-hydrogen) atoms. The molecule has 0 saturated carbocycles. The van der Waals surface area contributed by atoms with Crippen molar-refractivity contribution in [3.8, 4) is 0 Å². The van der Waals surface area contributed by atoms with Gasteiger partial charge in [-0.2, -0.15) is 0 Å². The van der Waals surface area contributed by atoms with E-state index in [1.54, 1.807) is 0 Å². The molecule has 0 aliphatic carbocycles. The SMILES string of the molecule is CNCc1cncc(C)c1.Cl.Cl. The van der Waals surface area contributed by atoms with Crippen LogP contribution in [0.2, 0.25) is 0 Å². The number of aromatic nitrogens is 1. The first-order valence-corrected chi connectivity index (χ1v) is 3.38. The fourth-order valence-corrected chi connectivity index (χ4v) is 0.918. The molecule has 0 saturated heterocycles. The van der Waals surface area contributed by atoms with E-state index in [1.165, 1.54) is 11.1 Å². The lowest BCUT2D eigenvalue weighted by Gasteiger charge is -1.98. The van der Waals surface area contributed by atoms with Gasteiger partial charge in [0.05, 0.1) is 0 Å². The number of nitrogens with one attached hydrogen (secondary N) is 1. The highest BCUT2D eigenvalue weighted by Gasteiger charge is 1.89. The Morgan fingerprint density at radius 1 is 1.33 bits per heavy atom. The number of halogens is 2. The van der Waals surface area contributed by atoms with Gasteiger partial charge in [-0.15, -0.1) is 24.8 Å². The minimum atomic E-state index is 0. The molecule has 0 unspecified atom stereocenters. The van der Waals surface area contributed by atoms with Crippen LogP contribution in [0.5, 0.6) is 0 Å². The topological polar surface area (TPSA) is 24.9 Å². The molecule has 1 N–H and O–H groups in total. The first-order valence-electron chi connectivity index (χ1n) is 3.38. The molecule has 0 fully saturated rings. The highest BCUT2D eigenvalue weighted by atomic mass is 35.5. The van der Waals surface area contributed by atoms with E-state index in [0.717, 1.165) is 6.54 Å². The Morgan fingerprint density at radius 3 is 2.50 bits per heavy atom. The summed E-state index contributed by atoms with van der Waals surface area (Å²) in [6, 6.07) is 2.13. The van der Waals surface area contributed by atoms with Gasteiger partial charge in [0.1, 0.15) is 0 Å². The molecule has 1 heterocycles. The van der Waals surface area contributed by atoms with Crippen molar-refractivity contribution in [2.24, 2.45) is 0 Å². The van der Waals surface area contributed by atoms with Crippen LogP contribution in [0.15, 0.2) is 18.5 Å². The Morgan fingerprint density at radius 2 is 2.00 bits per heavy atom. The molecule has 70 valence electrons. The average Bonchev–Trinajstić information content (AvgIpc) is 1.88. The van der Waals surface area contributed by atoms with Gasteiger partial charge in [-0.25, -0.2) is 0 Å². The summed E-state index contributed by atoms with van der Waals surface area (Å²) in [5.41, 5.74) is 2.45. The molecule has 1 aromatic rings. The predicted molar refractivity (Wildman–Crippen MR) is 56.2 cm³/mol. The number of pyridine rings is 1. The third kappa shape index (κ3) is 4.54. The zero-order valence-corrected chi connectivity index (χ0v) is 8.84. The molecule has 4 heteroatoms. The molecule has 0 radical (unpaired) electrons. The number of rotatable bonds is 2. The molecule has 0 aliphatic heterocycles. The van der Waals surface area contributed by atoms with Gasteiger partial charge in [-0.3, -0.25) is 4.98 Å². The van der Waals surface area contributed by atoms with E-state index in [9.17, 15) is 0 Å². The molecule has 0 amide bonds. The van der Waals surface area contributed by atoms with E-state index in [1.807, 2.05) is 26.4 Å². The molecule has 2 nitrogen and oxygen atoms in total. The van der Waals surface area contributed by atoms with Gasteiger partial charge in [0.25, 0.3) is 0 Å². The lowest BCUT2D eigenvalue weighted by Crippen LogP contribution is -2.05. The summed E-state index contributed by atoms with van der Waals surface area (Å²) in [5.74, 6) is 0. The number of hydrogen-bond acceptors (Lipinski definition) is 2. The summed E-state index contributed by atoms with van der Waals surface area (Å²) in [4.78, 5) is 4.06. The maximum absolute atomic E-state index is 4.06. The third-order valence-electron chi connectivity index (χ3n) is 1.31. The van der Waals surface area contributed by atoms with E-state index in [0.29, 0.717) is 0 Å². The van der Waals surface area contributed by atoms with Crippen molar-refractivity contribution in [1.82, 2.24) is 10.3 Å². The van der Waals surface area contributed by atoms with Gasteiger partial charge >= 0.3 is 0 Å². The van der Waals surface area contributed by atoms with Crippen LogP contribution < -0.4 is 5.32 Å². The number of aryl methyl sites for hydroxylation is 1. The maximum atomic E-state index is 4.06. The van der Waals surface area contributed by atoms with Crippen molar-refractivity contribution in [2.45, 2.75) is 13.5 Å². The Balaban J connectivity index is 0. The summed E-state index contributed by atoms with van der Waals surface area (Å²) in [7, 11) is 1.93. The van der Waals surface area contributed by atoms with Crippen LogP contribution in [-0.2, 0) is 6.54 Å². The van der Waals surface area contributed by atoms with Gasteiger partial charge in [-0.05, 0) is 25.1 Å². The predicted octanol–water partition coefficient (Wildman–Crippen LogP) is 1.95. The molecule has 1 rings (SSSR count). The van der Waals surface area contributed by atoms with Crippen LogP contribution in [0, 0.1) is 6.92 Å². The molecule has 0 bridgehead atoms. The van der Waals surface area contributed by atoms with Gasteiger partial charge < -0.3 is 5.32 Å². The van der Waals surface area contributed by atoms with Gasteiger partial charge in [0.2, 0.25) is 0 Å². The van der Waals surface area contributed by atoms with Crippen molar-refractivity contribution in [3.63, 3.8) is 0 Å². The molecule has 1 aromatic heterocycles. The largest absolute Gasteiger partial charge is 0.316 e. The highest BCUT2D eigenvalue weighted by Crippen LogP contribution is 1.99. The second-order valence-electron chi connectivity index (χ2n) is 2.40. The van der Waals surface area contributed by atoms with Crippen LogP contribution in [0.3, 0.4) is 0 Å². The van der Waals surface area contributed by atoms with Crippen LogP contribution >= 0.6 is 24.8 Å². The minimum Gasteiger partial charge on any atom is -0.316 e. The Bertz CT molecular complexity index is 216. The van der Waals surface area contributed by atoms with Crippen molar-refractivity contribution in [1.29, 1.82) is 0 Å². The average molecular weight is 209 g/mol. The second kappa shape index (κ2) is 7.35. The van der Waals surface area contributed by atoms with E-state index in [4.69, 9.17) is 0 Å². The molecule has 0 aromatic carbocycles. The standard InChI is InChI=1S/C8H12N2.2ClH/c1-7-3-8(5-9-2)6-10-4-7;;/h3-4,6,9H,5H2,1-2H3;2*1H. The molecule has 0 spiro atoms. The quantitative estimate of drug-likeness (QED) is 0.805. The van der Waals surface area contributed by atoms with E-state index >= 15 is 0 Å². The fourth-order valence-electron chi connectivity index (χ4n) is 0.918. The number of hydrogen-bond donors (Lipinski definition) is 1. The second-order valence-corrected chi connectivity index (χ2v) is 2.40. The normalized spacial score (nSPS) is 8.17. The lowest BCUT2D eigenvalue weighted by atomic mass is 10.2. The smallest absolute Gasteiger partial charge is 0.0313 e. The van der Waals surface area contributed by atoms with Crippen molar-refractivity contribution >= 4 is 24.8 Å². The van der Waals surface area contributed by atoms with E-state index in [2.05, 4.69) is 16.4 Å². The summed E-state index contributed by atoms with van der Waals surface area (Å²) in [6.07, 6.45) is 3.74. The fraction of sp³-hybridized carbons (Fsp3) is 0.375. The zero-order chi connectivity index (χ0) is 7.40. The monoisotopic (exact) mass is 208 g/mol. The molecular formula is C8H14Cl2N2. The van der Waals surface area contributed by atoms with Crippen LogP contribution in [0.1, 0.15) is 11.1 Å². The van der Waals surface area contributed by atoms with Crippen molar-refractivity contribution in [2.75, 3.05) is 7.05 Å². The molecule has 0 aliphatic rings. The van der Waals surface area contributed by atoms with Gasteiger partial charge in [0, 0.05) is 18.9 Å². The zero-order valence-electron chi connectivity index (χ0n) is 7.20. The Hall–Kier alpha value is -0.310. The van der Waals surface area contributed by atoms with Crippen molar-refractivity contribution < 1.29 is 0 Å². The summed E-state index contributed by atoms with van der Waals surface area (Å²) in [6.45, 7) is 2.95. The van der Waals surface area contributed by atoms with Crippen molar-refractivity contribution in [3.05, 3.63) is 29.6 Å². The van der Waals surface area contributed by atoms with Gasteiger partial charge in [0.15, 0.2) is 0 Å². The first-order chi connectivity index (χ1) is 4.83. The lowest BCUT2D eigenvalue weighted by molar-refractivity contribution is 0.812. The minimum absolute atomic E-state index is 0. The number of nitrogens with zero attached hydrogens (tertiary/aromatic N) is 1. The van der Waals surface area contributed by atoms with Gasteiger partial charge in [-0.1, -0.05) is 6.07 Å². The van der Waals surface area contributed by atoms with Crippen LogP contribution in [0.4, 0.5) is 0 Å². The Labute approximate surface area is 85.6 Å². The first kappa shape index (κ1) is 14.2. The van der Waals surface area contributed by atoms with Crippen LogP contribution in [-0.4, -0.2) is 12.0 Å². The highest BCUT2D eigenvalue weighted by molar-refractivity contribution is 5.85. The summed E-state index contributed by atoms with van der Waals surface area (Å²) >= 11 is 0. The van der Waals surface area contributed by atoms with E-state index in [-0.39, 0.29) is 24.8 Å². The summed E-state index contributed by atoms with van der Waals surface area (Å²) < 4.78 is 0. The summed E-state index contributed by atoms with van der Waals surface area (Å²) in [5, 5.41) is 3.07. The Kier molecular flexibility index (Phi) is 8.71. The van der Waals surface area contributed by atoms with E-state index < -0.39 is 0 Å². The molecular weight excluding hydrogens is 195 g/mol. The third-order valence-corrected chi connectivity index (χ3v) is 1.31. The maximum Gasteiger partial charge on any atom is 0.0313 e. The van der Waals surface area contributed by atoms with Crippen LogP contribution in [0.25, 0.3) is 0 Å². The molecule has 0 atom stereocenters.